The van der Waals surface area contributed by atoms with Crippen LogP contribution in [0.5, 0.6) is 0 Å². The first kappa shape index (κ1) is 25.5. The van der Waals surface area contributed by atoms with E-state index in [0.29, 0.717) is 19.3 Å². The molecule has 1 N–H and O–H groups in total. The number of cyclic esters (lactones) is 1. The number of rotatable bonds is 7. The number of benzene rings is 1. The Balaban J connectivity index is 1.62. The normalized spacial score (nSPS) is 27.6. The van der Waals surface area contributed by atoms with Gasteiger partial charge in [-0.1, -0.05) is 24.3 Å². The van der Waals surface area contributed by atoms with E-state index >= 15 is 0 Å². The zero-order chi connectivity index (χ0) is 25.8. The molecule has 4 rings (SSSR count). The van der Waals surface area contributed by atoms with Gasteiger partial charge in [0.05, 0.1) is 12.1 Å². The van der Waals surface area contributed by atoms with Gasteiger partial charge in [-0.3, -0.25) is 28.9 Å². The zero-order valence-electron chi connectivity index (χ0n) is 19.8. The van der Waals surface area contributed by atoms with Crippen molar-refractivity contribution in [3.05, 3.63) is 42.2 Å². The molecule has 3 aliphatic rings. The number of halogens is 1. The van der Waals surface area contributed by atoms with Gasteiger partial charge in [0.25, 0.3) is 5.91 Å². The second kappa shape index (κ2) is 11.0. The summed E-state index contributed by atoms with van der Waals surface area (Å²) in [6, 6.07) is 2.29. The highest BCUT2D eigenvalue weighted by atomic mass is 19.1. The summed E-state index contributed by atoms with van der Waals surface area (Å²) in [5.74, 6) is -3.35. The summed E-state index contributed by atoms with van der Waals surface area (Å²) in [5.41, 5.74) is -0.195. The van der Waals surface area contributed by atoms with E-state index in [1.54, 1.807) is 13.0 Å². The number of amides is 3. The molecular weight excluding hydrogens is 473 g/mol. The van der Waals surface area contributed by atoms with Crippen LogP contribution in [0.15, 0.2) is 36.4 Å². The quantitative estimate of drug-likeness (QED) is 0.258. The smallest absolute Gasteiger partial charge is 0.310 e. The highest BCUT2D eigenvalue weighted by molar-refractivity contribution is 6.31. The molecule has 10 nitrogen and oxygen atoms in total. The minimum Gasteiger partial charge on any atom is -0.433 e. The second-order valence-corrected chi connectivity index (χ2v) is 8.86. The molecule has 0 radical (unpaired) electrons. The SMILES string of the molecule is CCOC1OC(=O)CC1NC(=O)[C@@H]1CC[C@H]2CC=CC[C@H](N(C(=O)C=O)c3ccccc3F)C(=O)N21. The Morgan fingerprint density at radius 1 is 1.22 bits per heavy atom. The Bertz CT molecular complexity index is 1080. The van der Waals surface area contributed by atoms with E-state index < -0.39 is 53.9 Å². The van der Waals surface area contributed by atoms with Gasteiger partial charge in [0, 0.05) is 12.6 Å². The van der Waals surface area contributed by atoms with Crippen LogP contribution in [0.2, 0.25) is 0 Å². The Labute approximate surface area is 207 Å². The number of esters is 1. The predicted octanol–water partition coefficient (Wildman–Crippen LogP) is 1.23. The van der Waals surface area contributed by atoms with Crippen molar-refractivity contribution in [1.82, 2.24) is 10.2 Å². The molecule has 3 aliphatic heterocycles. The van der Waals surface area contributed by atoms with Crippen LogP contribution >= 0.6 is 0 Å². The van der Waals surface area contributed by atoms with Crippen molar-refractivity contribution < 1.29 is 37.8 Å². The Morgan fingerprint density at radius 2 is 1.97 bits per heavy atom. The first-order chi connectivity index (χ1) is 17.3. The van der Waals surface area contributed by atoms with Crippen molar-refractivity contribution in [2.45, 2.75) is 69.5 Å². The molecule has 192 valence electrons. The summed E-state index contributed by atoms with van der Waals surface area (Å²) in [4.78, 5) is 65.3. The molecule has 3 heterocycles. The molecule has 36 heavy (non-hydrogen) atoms. The Morgan fingerprint density at radius 3 is 2.69 bits per heavy atom. The highest BCUT2D eigenvalue weighted by Crippen LogP contribution is 2.33. The van der Waals surface area contributed by atoms with E-state index in [9.17, 15) is 28.4 Å². The zero-order valence-corrected chi connectivity index (χ0v) is 19.8. The van der Waals surface area contributed by atoms with Gasteiger partial charge in [-0.2, -0.15) is 0 Å². The van der Waals surface area contributed by atoms with Crippen LogP contribution in [-0.2, 0) is 33.4 Å². The fourth-order valence-corrected chi connectivity index (χ4v) is 5.06. The topological polar surface area (TPSA) is 122 Å². The molecule has 0 aliphatic carbocycles. The van der Waals surface area contributed by atoms with Gasteiger partial charge in [0.2, 0.25) is 24.4 Å². The van der Waals surface area contributed by atoms with Crippen LogP contribution in [0.25, 0.3) is 0 Å². The van der Waals surface area contributed by atoms with E-state index in [-0.39, 0.29) is 37.5 Å². The third-order valence-electron chi connectivity index (χ3n) is 6.66. The van der Waals surface area contributed by atoms with Gasteiger partial charge in [-0.25, -0.2) is 4.39 Å². The molecular formula is C25H28FN3O7. The number of nitrogens with one attached hydrogen (secondary N) is 1. The lowest BCUT2D eigenvalue weighted by Gasteiger charge is -2.38. The van der Waals surface area contributed by atoms with Crippen LogP contribution in [0.4, 0.5) is 10.1 Å². The largest absolute Gasteiger partial charge is 0.433 e. The van der Waals surface area contributed by atoms with Crippen LogP contribution < -0.4 is 10.2 Å². The molecule has 0 aromatic heterocycles. The number of carbonyl (C=O) groups is 5. The maximum Gasteiger partial charge on any atom is 0.310 e. The average Bonchev–Trinajstić information content (AvgIpc) is 3.42. The standard InChI is InChI=1S/C25H28FN3O7/c1-2-35-25-17(13-22(32)36-25)27-23(33)19-12-11-15-7-3-5-10-20(24(34)28(15)19)29(21(31)14-30)18-9-6-4-8-16(18)26/h3-6,8-9,14-15,17,19-20,25H,2,7,10-13H2,1H3,(H,27,33)/t15-,17?,19+,20+,25?/m1/s1. The lowest BCUT2D eigenvalue weighted by atomic mass is 10.0. The fourth-order valence-electron chi connectivity index (χ4n) is 5.06. The van der Waals surface area contributed by atoms with Crippen LogP contribution in [0.3, 0.4) is 0 Å². The van der Waals surface area contributed by atoms with Gasteiger partial charge in [-0.05, 0) is 44.7 Å². The predicted molar refractivity (Wildman–Crippen MR) is 124 cm³/mol. The molecule has 2 unspecified atom stereocenters. The number of hydrogen-bond acceptors (Lipinski definition) is 7. The minimum atomic E-state index is -1.22. The monoisotopic (exact) mass is 501 g/mol. The number of carbonyl (C=O) groups excluding carboxylic acids is 5. The first-order valence-electron chi connectivity index (χ1n) is 12.0. The summed E-state index contributed by atoms with van der Waals surface area (Å²) in [7, 11) is 0. The van der Waals surface area contributed by atoms with Crippen molar-refractivity contribution in [2.75, 3.05) is 11.5 Å². The van der Waals surface area contributed by atoms with Crippen LogP contribution in [0.1, 0.15) is 39.0 Å². The summed E-state index contributed by atoms with van der Waals surface area (Å²) in [6.45, 7) is 2.02. The average molecular weight is 502 g/mol. The summed E-state index contributed by atoms with van der Waals surface area (Å²) >= 11 is 0. The molecule has 2 fully saturated rings. The number of para-hydroxylation sites is 1. The molecule has 0 bridgehead atoms. The lowest BCUT2D eigenvalue weighted by molar-refractivity contribution is -0.164. The highest BCUT2D eigenvalue weighted by Gasteiger charge is 2.47. The number of anilines is 1. The van der Waals surface area contributed by atoms with E-state index in [0.717, 1.165) is 11.0 Å². The third-order valence-corrected chi connectivity index (χ3v) is 6.66. The Hall–Kier alpha value is -3.60. The second-order valence-electron chi connectivity index (χ2n) is 8.86. The van der Waals surface area contributed by atoms with E-state index in [2.05, 4.69) is 5.32 Å². The van der Waals surface area contributed by atoms with E-state index in [1.165, 1.54) is 23.1 Å². The number of nitrogens with zero attached hydrogens (tertiary/aromatic N) is 2. The van der Waals surface area contributed by atoms with Gasteiger partial charge in [0.1, 0.15) is 23.9 Å². The number of ether oxygens (including phenoxy) is 2. The van der Waals surface area contributed by atoms with Crippen molar-refractivity contribution in [3.63, 3.8) is 0 Å². The van der Waals surface area contributed by atoms with Crippen molar-refractivity contribution in [1.29, 1.82) is 0 Å². The molecule has 1 aromatic rings. The molecule has 2 saturated heterocycles. The third kappa shape index (κ3) is 5.01. The fraction of sp³-hybridized carbons (Fsp3) is 0.480. The maximum absolute atomic E-state index is 14.7. The molecule has 0 saturated carbocycles. The van der Waals surface area contributed by atoms with Gasteiger partial charge in [0.15, 0.2) is 0 Å². The first-order valence-corrected chi connectivity index (χ1v) is 12.0. The van der Waals surface area contributed by atoms with Gasteiger partial charge in [-0.15, -0.1) is 0 Å². The molecule has 5 atom stereocenters. The summed E-state index contributed by atoms with van der Waals surface area (Å²) in [5, 5.41) is 2.78. The number of hydrogen-bond donors (Lipinski definition) is 1. The molecule has 0 spiro atoms. The minimum absolute atomic E-state index is 0.0405. The summed E-state index contributed by atoms with van der Waals surface area (Å²) in [6.07, 6.45) is 4.12. The lowest BCUT2D eigenvalue weighted by Crippen LogP contribution is -2.58. The van der Waals surface area contributed by atoms with Crippen molar-refractivity contribution >= 4 is 35.7 Å². The van der Waals surface area contributed by atoms with Gasteiger partial charge >= 0.3 is 5.97 Å². The molecule has 1 aromatic carbocycles. The van der Waals surface area contributed by atoms with E-state index in [4.69, 9.17) is 9.47 Å². The van der Waals surface area contributed by atoms with Crippen LogP contribution in [0, 0.1) is 5.82 Å². The van der Waals surface area contributed by atoms with Crippen LogP contribution in [-0.4, -0.2) is 71.9 Å². The number of aldehydes is 1. The number of fused-ring (bicyclic) bond motifs is 1. The van der Waals surface area contributed by atoms with Crippen molar-refractivity contribution in [3.8, 4) is 0 Å². The molecule has 11 heteroatoms. The van der Waals surface area contributed by atoms with Crippen molar-refractivity contribution in [2.24, 2.45) is 0 Å². The van der Waals surface area contributed by atoms with Gasteiger partial charge < -0.3 is 19.7 Å². The van der Waals surface area contributed by atoms with E-state index in [1.807, 2.05) is 6.08 Å². The Kier molecular flexibility index (Phi) is 7.78. The molecule has 3 amide bonds. The summed E-state index contributed by atoms with van der Waals surface area (Å²) < 4.78 is 25.2. The maximum atomic E-state index is 14.7.